The van der Waals surface area contributed by atoms with E-state index in [0.717, 1.165) is 28.0 Å². The molecule has 0 radical (unpaired) electrons. The highest BCUT2D eigenvalue weighted by Gasteiger charge is 2.15. The van der Waals surface area contributed by atoms with Gasteiger partial charge in [0.15, 0.2) is 5.76 Å². The average molecular weight is 376 g/mol. The van der Waals surface area contributed by atoms with Gasteiger partial charge in [-0.05, 0) is 49.4 Å². The molecule has 3 heterocycles. The summed E-state index contributed by atoms with van der Waals surface area (Å²) in [6.07, 6.45) is 1.53. The summed E-state index contributed by atoms with van der Waals surface area (Å²) >= 11 is 0. The van der Waals surface area contributed by atoms with Crippen molar-refractivity contribution >= 4 is 22.6 Å². The van der Waals surface area contributed by atoms with Crippen molar-refractivity contribution < 1.29 is 13.6 Å². The van der Waals surface area contributed by atoms with Gasteiger partial charge in [0.1, 0.15) is 29.4 Å². The van der Waals surface area contributed by atoms with Crippen molar-refractivity contribution in [2.45, 2.75) is 13.5 Å². The number of benzene rings is 1. The first-order valence-electron chi connectivity index (χ1n) is 8.87. The van der Waals surface area contributed by atoms with E-state index in [1.807, 2.05) is 37.3 Å². The minimum atomic E-state index is -0.175. The van der Waals surface area contributed by atoms with Crippen LogP contribution in [0.5, 0.6) is 0 Å². The molecule has 0 bridgehead atoms. The van der Waals surface area contributed by atoms with Crippen LogP contribution in [0.2, 0.25) is 0 Å². The Hall–Kier alpha value is -3.61. The molecule has 0 saturated carbocycles. The van der Waals surface area contributed by atoms with Crippen molar-refractivity contribution in [3.8, 4) is 11.3 Å². The number of aromatic nitrogens is 2. The number of aryl methyl sites for hydroxylation is 1. The van der Waals surface area contributed by atoms with Gasteiger partial charge >= 0.3 is 0 Å². The van der Waals surface area contributed by atoms with Crippen LogP contribution >= 0.6 is 0 Å². The highest BCUT2D eigenvalue weighted by molar-refractivity contribution is 5.93. The SMILES string of the molecule is Cc1ccc(CNc2ncnc3ccc(-c4ccc(C(=O)N(C)C)o4)cc23)o1. The molecule has 3 aromatic heterocycles. The van der Waals surface area contributed by atoms with Gasteiger partial charge < -0.3 is 19.1 Å². The highest BCUT2D eigenvalue weighted by Crippen LogP contribution is 2.28. The number of nitrogens with zero attached hydrogens (tertiary/aromatic N) is 3. The number of fused-ring (bicyclic) bond motifs is 1. The van der Waals surface area contributed by atoms with E-state index in [1.54, 1.807) is 26.2 Å². The molecule has 4 aromatic rings. The van der Waals surface area contributed by atoms with Crippen LogP contribution in [0.25, 0.3) is 22.2 Å². The largest absolute Gasteiger partial charge is 0.465 e. The Balaban J connectivity index is 1.65. The van der Waals surface area contributed by atoms with Crippen LogP contribution < -0.4 is 5.32 Å². The zero-order valence-corrected chi connectivity index (χ0v) is 15.9. The third-order valence-corrected chi connectivity index (χ3v) is 4.37. The standard InChI is InChI=1S/C21H20N4O3/c1-13-4-6-15(27-13)11-22-20-16-10-14(5-7-17(16)23-12-24-20)18-8-9-19(28-18)21(26)25(2)3/h4-10,12H,11H2,1-3H3,(H,22,23,24). The number of anilines is 1. The summed E-state index contributed by atoms with van der Waals surface area (Å²) in [6.45, 7) is 2.43. The Labute approximate surface area is 162 Å². The third kappa shape index (κ3) is 3.46. The maximum atomic E-state index is 12.1. The van der Waals surface area contributed by atoms with Crippen LogP contribution in [0, 0.1) is 6.92 Å². The molecule has 0 spiro atoms. The Bertz CT molecular complexity index is 1140. The van der Waals surface area contributed by atoms with E-state index in [1.165, 1.54) is 11.2 Å². The second-order valence-corrected chi connectivity index (χ2v) is 6.68. The monoisotopic (exact) mass is 376 g/mol. The van der Waals surface area contributed by atoms with Crippen molar-refractivity contribution in [2.24, 2.45) is 0 Å². The summed E-state index contributed by atoms with van der Waals surface area (Å²) in [4.78, 5) is 22.2. The molecule has 0 aliphatic rings. The van der Waals surface area contributed by atoms with Crippen LogP contribution in [0.15, 0.2) is 57.6 Å². The molecule has 28 heavy (non-hydrogen) atoms. The lowest BCUT2D eigenvalue weighted by atomic mass is 10.1. The van der Waals surface area contributed by atoms with E-state index < -0.39 is 0 Å². The van der Waals surface area contributed by atoms with Crippen molar-refractivity contribution in [1.82, 2.24) is 14.9 Å². The Morgan fingerprint density at radius 3 is 2.68 bits per heavy atom. The van der Waals surface area contributed by atoms with Gasteiger partial charge in [-0.1, -0.05) is 0 Å². The number of hydrogen-bond donors (Lipinski definition) is 1. The molecule has 1 aromatic carbocycles. The Kier molecular flexibility index (Phi) is 4.57. The lowest BCUT2D eigenvalue weighted by Crippen LogP contribution is -2.20. The molecule has 0 saturated heterocycles. The number of furan rings is 2. The fraction of sp³-hybridized carbons (Fsp3) is 0.190. The highest BCUT2D eigenvalue weighted by atomic mass is 16.4. The van der Waals surface area contributed by atoms with Crippen LogP contribution in [0.3, 0.4) is 0 Å². The number of hydrogen-bond acceptors (Lipinski definition) is 6. The smallest absolute Gasteiger partial charge is 0.289 e. The maximum Gasteiger partial charge on any atom is 0.289 e. The van der Waals surface area contributed by atoms with E-state index in [-0.39, 0.29) is 5.91 Å². The molecule has 4 rings (SSSR count). The molecule has 0 aliphatic heterocycles. The Morgan fingerprint density at radius 1 is 1.07 bits per heavy atom. The van der Waals surface area contributed by atoms with Gasteiger partial charge in [-0.2, -0.15) is 0 Å². The van der Waals surface area contributed by atoms with E-state index in [4.69, 9.17) is 8.83 Å². The second-order valence-electron chi connectivity index (χ2n) is 6.68. The van der Waals surface area contributed by atoms with Gasteiger partial charge in [0.2, 0.25) is 0 Å². The van der Waals surface area contributed by atoms with Gasteiger partial charge in [-0.25, -0.2) is 9.97 Å². The summed E-state index contributed by atoms with van der Waals surface area (Å²) < 4.78 is 11.3. The minimum absolute atomic E-state index is 0.175. The first-order chi connectivity index (χ1) is 13.5. The third-order valence-electron chi connectivity index (χ3n) is 4.37. The zero-order valence-electron chi connectivity index (χ0n) is 15.9. The summed E-state index contributed by atoms with van der Waals surface area (Å²) in [5, 5.41) is 4.16. The second kappa shape index (κ2) is 7.19. The number of rotatable bonds is 5. The molecule has 7 heteroatoms. The van der Waals surface area contributed by atoms with Crippen molar-refractivity contribution in [1.29, 1.82) is 0 Å². The molecule has 7 nitrogen and oxygen atoms in total. The molecule has 1 N–H and O–H groups in total. The quantitative estimate of drug-likeness (QED) is 0.564. The van der Waals surface area contributed by atoms with E-state index in [9.17, 15) is 4.79 Å². The van der Waals surface area contributed by atoms with Crippen molar-refractivity contribution in [2.75, 3.05) is 19.4 Å². The first-order valence-corrected chi connectivity index (χ1v) is 8.87. The van der Waals surface area contributed by atoms with Crippen LogP contribution in [0.1, 0.15) is 22.1 Å². The zero-order chi connectivity index (χ0) is 19.7. The van der Waals surface area contributed by atoms with E-state index in [2.05, 4.69) is 15.3 Å². The molecule has 0 atom stereocenters. The topological polar surface area (TPSA) is 84.4 Å². The molecule has 1 amide bonds. The summed E-state index contributed by atoms with van der Waals surface area (Å²) in [5.41, 5.74) is 1.66. The Morgan fingerprint density at radius 2 is 1.93 bits per heavy atom. The number of carbonyl (C=O) groups is 1. The van der Waals surface area contributed by atoms with Crippen LogP contribution in [-0.4, -0.2) is 34.9 Å². The van der Waals surface area contributed by atoms with Gasteiger partial charge in [0.25, 0.3) is 5.91 Å². The number of nitrogens with one attached hydrogen (secondary N) is 1. The van der Waals surface area contributed by atoms with Crippen LogP contribution in [0.4, 0.5) is 5.82 Å². The molecular formula is C21H20N4O3. The summed E-state index contributed by atoms with van der Waals surface area (Å²) in [5.74, 6) is 3.15. The summed E-state index contributed by atoms with van der Waals surface area (Å²) in [7, 11) is 3.38. The molecule has 0 unspecified atom stereocenters. The summed E-state index contributed by atoms with van der Waals surface area (Å²) in [6, 6.07) is 13.1. The predicted octanol–water partition coefficient (Wildman–Crippen LogP) is 4.11. The van der Waals surface area contributed by atoms with Crippen molar-refractivity contribution in [3.63, 3.8) is 0 Å². The lowest BCUT2D eigenvalue weighted by molar-refractivity contribution is 0.0797. The lowest BCUT2D eigenvalue weighted by Gasteiger charge is -2.08. The minimum Gasteiger partial charge on any atom is -0.465 e. The molecule has 142 valence electrons. The van der Waals surface area contributed by atoms with E-state index >= 15 is 0 Å². The number of carbonyl (C=O) groups excluding carboxylic acids is 1. The fourth-order valence-corrected chi connectivity index (χ4v) is 2.93. The predicted molar refractivity (Wildman–Crippen MR) is 106 cm³/mol. The maximum absolute atomic E-state index is 12.1. The van der Waals surface area contributed by atoms with Crippen LogP contribution in [-0.2, 0) is 6.54 Å². The first kappa shape index (κ1) is 17.8. The van der Waals surface area contributed by atoms with Gasteiger partial charge in [-0.15, -0.1) is 0 Å². The van der Waals surface area contributed by atoms with Gasteiger partial charge in [0.05, 0.1) is 12.1 Å². The fourth-order valence-electron chi connectivity index (χ4n) is 2.93. The normalized spacial score (nSPS) is 11.0. The number of amides is 1. The van der Waals surface area contributed by atoms with Gasteiger partial charge in [0, 0.05) is 25.0 Å². The molecular weight excluding hydrogens is 356 g/mol. The van der Waals surface area contributed by atoms with Gasteiger partial charge in [-0.3, -0.25) is 4.79 Å². The molecule has 0 aliphatic carbocycles. The molecule has 0 fully saturated rings. The van der Waals surface area contributed by atoms with E-state index in [0.29, 0.717) is 23.9 Å². The van der Waals surface area contributed by atoms with Crippen molar-refractivity contribution in [3.05, 3.63) is 66.1 Å². The average Bonchev–Trinajstić information content (AvgIpc) is 3.34.